The molecule has 0 aliphatic carbocycles. The number of carbonyl (C=O) groups is 2. The summed E-state index contributed by atoms with van der Waals surface area (Å²) in [6.45, 7) is 8.10. The second-order valence-corrected chi connectivity index (χ2v) is 7.18. The smallest absolute Gasteiger partial charge is 0.410 e. The van der Waals surface area contributed by atoms with E-state index < -0.39 is 23.6 Å². The highest BCUT2D eigenvalue weighted by Crippen LogP contribution is 2.34. The van der Waals surface area contributed by atoms with Gasteiger partial charge in [-0.3, -0.25) is 4.79 Å². The average Bonchev–Trinajstić information content (AvgIpc) is 2.44. The van der Waals surface area contributed by atoms with Gasteiger partial charge in [0.05, 0.1) is 5.92 Å². The molecule has 1 heterocycles. The van der Waals surface area contributed by atoms with Crippen LogP contribution in [0.5, 0.6) is 0 Å². The predicted octanol–water partition coefficient (Wildman–Crippen LogP) is 3.42. The Kier molecular flexibility index (Phi) is 4.97. The zero-order valence-electron chi connectivity index (χ0n) is 14.2. The first-order chi connectivity index (χ1) is 10.7. The maximum absolute atomic E-state index is 12.2. The van der Waals surface area contributed by atoms with Crippen LogP contribution in [-0.2, 0) is 9.53 Å². The van der Waals surface area contributed by atoms with Crippen molar-refractivity contribution in [2.24, 2.45) is 5.92 Å². The fourth-order valence-corrected chi connectivity index (χ4v) is 2.99. The molecule has 0 aromatic heterocycles. The van der Waals surface area contributed by atoms with Crippen LogP contribution in [0.3, 0.4) is 0 Å². The number of piperidine rings is 1. The summed E-state index contributed by atoms with van der Waals surface area (Å²) < 4.78 is 5.36. The summed E-state index contributed by atoms with van der Waals surface area (Å²) in [5.41, 5.74) is 1.56. The molecule has 1 aliphatic rings. The molecule has 5 nitrogen and oxygen atoms in total. The second-order valence-electron chi connectivity index (χ2n) is 7.18. The van der Waals surface area contributed by atoms with Gasteiger partial charge < -0.3 is 14.7 Å². The molecular formula is C18H25NO4. The van der Waals surface area contributed by atoms with Gasteiger partial charge in [-0.05, 0) is 39.7 Å². The topological polar surface area (TPSA) is 66.8 Å². The summed E-state index contributed by atoms with van der Waals surface area (Å²) in [7, 11) is 0. The van der Waals surface area contributed by atoms with Crippen molar-refractivity contribution in [2.45, 2.75) is 45.6 Å². The minimum absolute atomic E-state index is 0.0777. The first kappa shape index (κ1) is 17.3. The average molecular weight is 319 g/mol. The molecule has 1 amide bonds. The molecule has 2 rings (SSSR count). The van der Waals surface area contributed by atoms with E-state index >= 15 is 0 Å². The Morgan fingerprint density at radius 1 is 1.30 bits per heavy atom. The SMILES string of the molecule is Cc1cccc([C@H]2CCN(C(=O)OC(C)(C)C)C[C@@H]2C(=O)O)c1. The number of likely N-dealkylation sites (tertiary alicyclic amines) is 1. The van der Waals surface area contributed by atoms with Crippen LogP contribution >= 0.6 is 0 Å². The number of carboxylic acid groups (broad SMARTS) is 1. The molecule has 0 radical (unpaired) electrons. The van der Waals surface area contributed by atoms with Crippen LogP contribution in [0.2, 0.25) is 0 Å². The quantitative estimate of drug-likeness (QED) is 0.907. The van der Waals surface area contributed by atoms with Gasteiger partial charge in [-0.2, -0.15) is 0 Å². The summed E-state index contributed by atoms with van der Waals surface area (Å²) in [5.74, 6) is -1.56. The molecule has 1 aromatic carbocycles. The van der Waals surface area contributed by atoms with Gasteiger partial charge in [0.1, 0.15) is 5.60 Å². The molecule has 1 fully saturated rings. The molecule has 126 valence electrons. The maximum Gasteiger partial charge on any atom is 0.410 e. The Bertz CT molecular complexity index is 591. The molecule has 1 saturated heterocycles. The minimum Gasteiger partial charge on any atom is -0.481 e. The van der Waals surface area contributed by atoms with Crippen LogP contribution in [-0.4, -0.2) is 40.8 Å². The number of ether oxygens (including phenoxy) is 1. The predicted molar refractivity (Wildman–Crippen MR) is 87.5 cm³/mol. The van der Waals surface area contributed by atoms with Crippen LogP contribution < -0.4 is 0 Å². The number of aliphatic carboxylic acids is 1. The lowest BCUT2D eigenvalue weighted by Gasteiger charge is -2.37. The molecule has 1 N–H and O–H groups in total. The molecular weight excluding hydrogens is 294 g/mol. The number of nitrogens with zero attached hydrogens (tertiary/aromatic N) is 1. The van der Waals surface area contributed by atoms with Gasteiger partial charge >= 0.3 is 12.1 Å². The zero-order valence-corrected chi connectivity index (χ0v) is 14.2. The molecule has 5 heteroatoms. The van der Waals surface area contributed by atoms with E-state index in [4.69, 9.17) is 4.74 Å². The van der Waals surface area contributed by atoms with Crippen molar-refractivity contribution in [1.82, 2.24) is 4.90 Å². The van der Waals surface area contributed by atoms with Gasteiger partial charge in [0.25, 0.3) is 0 Å². The van der Waals surface area contributed by atoms with E-state index in [1.807, 2.05) is 31.2 Å². The summed E-state index contributed by atoms with van der Waals surface area (Å²) in [5, 5.41) is 9.59. The van der Waals surface area contributed by atoms with Gasteiger partial charge in [0.15, 0.2) is 0 Å². The van der Waals surface area contributed by atoms with Gasteiger partial charge in [-0.25, -0.2) is 4.79 Å². The first-order valence-electron chi connectivity index (χ1n) is 7.94. The fraction of sp³-hybridized carbons (Fsp3) is 0.556. The second kappa shape index (κ2) is 6.60. The normalized spacial score (nSPS) is 21.8. The van der Waals surface area contributed by atoms with Gasteiger partial charge in [0.2, 0.25) is 0 Å². The monoisotopic (exact) mass is 319 g/mol. The number of rotatable bonds is 2. The molecule has 1 aromatic rings. The third kappa shape index (κ3) is 4.47. The van der Waals surface area contributed by atoms with E-state index in [1.165, 1.54) is 4.90 Å². The van der Waals surface area contributed by atoms with Crippen molar-refractivity contribution < 1.29 is 19.4 Å². The van der Waals surface area contributed by atoms with E-state index in [1.54, 1.807) is 20.8 Å². The Morgan fingerprint density at radius 3 is 2.57 bits per heavy atom. The largest absolute Gasteiger partial charge is 0.481 e. The molecule has 0 unspecified atom stereocenters. The van der Waals surface area contributed by atoms with Crippen molar-refractivity contribution in [1.29, 1.82) is 0 Å². The van der Waals surface area contributed by atoms with E-state index in [2.05, 4.69) is 0 Å². The van der Waals surface area contributed by atoms with E-state index in [0.717, 1.165) is 11.1 Å². The lowest BCUT2D eigenvalue weighted by molar-refractivity contribution is -0.144. The molecule has 2 atom stereocenters. The van der Waals surface area contributed by atoms with Gasteiger partial charge in [-0.15, -0.1) is 0 Å². The van der Waals surface area contributed by atoms with Crippen molar-refractivity contribution in [3.05, 3.63) is 35.4 Å². The lowest BCUT2D eigenvalue weighted by Crippen LogP contribution is -2.47. The highest BCUT2D eigenvalue weighted by Gasteiger charge is 2.38. The summed E-state index contributed by atoms with van der Waals surface area (Å²) in [6, 6.07) is 7.94. The Morgan fingerprint density at radius 2 is 2.00 bits per heavy atom. The number of hydrogen-bond donors (Lipinski definition) is 1. The van der Waals surface area contributed by atoms with Crippen molar-refractivity contribution in [3.63, 3.8) is 0 Å². The highest BCUT2D eigenvalue weighted by molar-refractivity contribution is 5.74. The number of hydrogen-bond acceptors (Lipinski definition) is 3. The molecule has 0 bridgehead atoms. The third-order valence-corrected chi connectivity index (χ3v) is 4.05. The van der Waals surface area contributed by atoms with E-state index in [-0.39, 0.29) is 12.5 Å². The summed E-state index contributed by atoms with van der Waals surface area (Å²) >= 11 is 0. The number of carbonyl (C=O) groups excluding carboxylic acids is 1. The van der Waals surface area contributed by atoms with Crippen molar-refractivity contribution in [2.75, 3.05) is 13.1 Å². The lowest BCUT2D eigenvalue weighted by atomic mass is 9.80. The number of carboxylic acids is 1. The molecule has 0 spiro atoms. The minimum atomic E-state index is -0.871. The van der Waals surface area contributed by atoms with E-state index in [9.17, 15) is 14.7 Å². The Balaban J connectivity index is 2.15. The van der Waals surface area contributed by atoms with Crippen LogP contribution in [0.1, 0.15) is 44.2 Å². The number of benzene rings is 1. The van der Waals surface area contributed by atoms with Crippen LogP contribution in [0, 0.1) is 12.8 Å². The maximum atomic E-state index is 12.2. The van der Waals surface area contributed by atoms with Gasteiger partial charge in [0, 0.05) is 19.0 Å². The van der Waals surface area contributed by atoms with E-state index in [0.29, 0.717) is 13.0 Å². The molecule has 1 aliphatic heterocycles. The fourth-order valence-electron chi connectivity index (χ4n) is 2.99. The van der Waals surface area contributed by atoms with Crippen LogP contribution in [0.25, 0.3) is 0 Å². The highest BCUT2D eigenvalue weighted by atomic mass is 16.6. The van der Waals surface area contributed by atoms with Crippen molar-refractivity contribution >= 4 is 12.1 Å². The van der Waals surface area contributed by atoms with Crippen molar-refractivity contribution in [3.8, 4) is 0 Å². The molecule has 0 saturated carbocycles. The summed E-state index contributed by atoms with van der Waals surface area (Å²) in [6.07, 6.45) is 0.186. The first-order valence-corrected chi connectivity index (χ1v) is 7.94. The van der Waals surface area contributed by atoms with Gasteiger partial charge in [-0.1, -0.05) is 29.8 Å². The Labute approximate surface area is 137 Å². The third-order valence-electron chi connectivity index (χ3n) is 4.05. The zero-order chi connectivity index (χ0) is 17.2. The Hall–Kier alpha value is -2.04. The van der Waals surface area contributed by atoms with Crippen LogP contribution in [0.4, 0.5) is 4.79 Å². The molecule has 23 heavy (non-hydrogen) atoms. The number of amides is 1. The summed E-state index contributed by atoms with van der Waals surface area (Å²) in [4.78, 5) is 25.4. The van der Waals surface area contributed by atoms with Crippen LogP contribution in [0.15, 0.2) is 24.3 Å². The number of aryl methyl sites for hydroxylation is 1. The standard InChI is InChI=1S/C18H25NO4/c1-12-6-5-7-13(10-12)14-8-9-19(11-15(14)16(20)21)17(22)23-18(2,3)4/h5-7,10,14-15H,8-9,11H2,1-4H3,(H,20,21)/t14-,15+/m1/s1.